The van der Waals surface area contributed by atoms with Crippen molar-refractivity contribution in [2.45, 2.75) is 50.4 Å². The summed E-state index contributed by atoms with van der Waals surface area (Å²) in [7, 11) is 1.74. The Labute approximate surface area is 216 Å². The molecular formula is C28H33N5O4. The lowest BCUT2D eigenvalue weighted by molar-refractivity contribution is -0.00411. The zero-order chi connectivity index (χ0) is 26.0. The zero-order valence-electron chi connectivity index (χ0n) is 21.3. The first-order chi connectivity index (χ1) is 17.8. The van der Waals surface area contributed by atoms with Crippen molar-refractivity contribution in [3.63, 3.8) is 0 Å². The molecule has 37 heavy (non-hydrogen) atoms. The molecule has 9 heteroatoms. The van der Waals surface area contributed by atoms with Gasteiger partial charge in [0.15, 0.2) is 0 Å². The highest BCUT2D eigenvalue weighted by atomic mass is 16.5. The first kappa shape index (κ1) is 25.1. The molecule has 2 aliphatic rings. The lowest BCUT2D eigenvalue weighted by Crippen LogP contribution is -2.44. The Morgan fingerprint density at radius 1 is 1.14 bits per heavy atom. The van der Waals surface area contributed by atoms with Crippen molar-refractivity contribution in [2.75, 3.05) is 26.8 Å². The number of carbonyl (C=O) groups excluding carboxylic acids is 2. The minimum Gasteiger partial charge on any atom is -0.388 e. The van der Waals surface area contributed by atoms with Crippen LogP contribution in [-0.2, 0) is 11.3 Å². The third-order valence-corrected chi connectivity index (χ3v) is 7.45. The molecule has 2 heterocycles. The monoisotopic (exact) mass is 503 g/mol. The van der Waals surface area contributed by atoms with Crippen LogP contribution >= 0.6 is 0 Å². The van der Waals surface area contributed by atoms with Gasteiger partial charge in [0.2, 0.25) is 0 Å². The molecule has 2 amide bonds. The minimum absolute atomic E-state index is 0.152. The van der Waals surface area contributed by atoms with E-state index in [1.807, 2.05) is 43.5 Å². The second-order valence-electron chi connectivity index (χ2n) is 10.2. The van der Waals surface area contributed by atoms with Crippen molar-refractivity contribution >= 4 is 11.8 Å². The quantitative estimate of drug-likeness (QED) is 0.554. The van der Waals surface area contributed by atoms with Gasteiger partial charge >= 0.3 is 0 Å². The number of rotatable bonds is 6. The van der Waals surface area contributed by atoms with Gasteiger partial charge in [0.25, 0.3) is 11.8 Å². The van der Waals surface area contributed by atoms with E-state index in [9.17, 15) is 14.7 Å². The lowest BCUT2D eigenvalue weighted by atomic mass is 10.0. The molecule has 5 rings (SSSR count). The van der Waals surface area contributed by atoms with Crippen LogP contribution in [0.3, 0.4) is 0 Å². The molecule has 1 aromatic heterocycles. The normalized spacial score (nSPS) is 23.7. The van der Waals surface area contributed by atoms with E-state index in [1.165, 1.54) is 0 Å². The molecule has 1 aliphatic carbocycles. The smallest absolute Gasteiger partial charge is 0.255 e. The Morgan fingerprint density at radius 3 is 2.59 bits per heavy atom. The van der Waals surface area contributed by atoms with Crippen LogP contribution in [0.1, 0.15) is 70.2 Å². The summed E-state index contributed by atoms with van der Waals surface area (Å²) >= 11 is 0. The molecule has 3 aromatic rings. The summed E-state index contributed by atoms with van der Waals surface area (Å²) in [5, 5.41) is 19.4. The van der Waals surface area contributed by atoms with E-state index in [2.05, 4.69) is 10.3 Å². The third-order valence-electron chi connectivity index (χ3n) is 7.45. The lowest BCUT2D eigenvalue weighted by Gasteiger charge is -2.35. The van der Waals surface area contributed by atoms with Gasteiger partial charge in [0.1, 0.15) is 11.7 Å². The summed E-state index contributed by atoms with van der Waals surface area (Å²) in [6, 6.07) is 16.1. The Kier molecular flexibility index (Phi) is 7.08. The number of nitrogens with zero attached hydrogens (tertiary/aromatic N) is 5. The fraction of sp³-hybridized carbons (Fsp3) is 0.429. The number of morpholine rings is 1. The van der Waals surface area contributed by atoms with Crippen LogP contribution in [0.4, 0.5) is 0 Å². The molecule has 2 aromatic carbocycles. The van der Waals surface area contributed by atoms with Gasteiger partial charge in [0, 0.05) is 20.1 Å². The number of hydrogen-bond acceptors (Lipinski definition) is 6. The Balaban J connectivity index is 1.38. The van der Waals surface area contributed by atoms with Crippen LogP contribution in [0.5, 0.6) is 0 Å². The predicted octanol–water partition coefficient (Wildman–Crippen LogP) is 3.24. The zero-order valence-corrected chi connectivity index (χ0v) is 21.3. The summed E-state index contributed by atoms with van der Waals surface area (Å²) in [6.45, 7) is 3.33. The Hall–Kier alpha value is -3.56. The summed E-state index contributed by atoms with van der Waals surface area (Å²) in [6.07, 6.45) is 4.28. The van der Waals surface area contributed by atoms with Crippen LogP contribution in [0.2, 0.25) is 0 Å². The highest BCUT2D eigenvalue weighted by Crippen LogP contribution is 2.39. The van der Waals surface area contributed by atoms with Crippen LogP contribution in [0.25, 0.3) is 0 Å². The van der Waals surface area contributed by atoms with Crippen LogP contribution < -0.4 is 0 Å². The van der Waals surface area contributed by atoms with Crippen molar-refractivity contribution in [3.05, 3.63) is 83.2 Å². The summed E-state index contributed by atoms with van der Waals surface area (Å²) in [5.41, 5.74) is 1.50. The van der Waals surface area contributed by atoms with E-state index in [4.69, 9.17) is 4.74 Å². The van der Waals surface area contributed by atoms with E-state index in [0.29, 0.717) is 42.9 Å². The van der Waals surface area contributed by atoms with Crippen LogP contribution in [0, 0.1) is 0 Å². The fourth-order valence-electron chi connectivity index (χ4n) is 5.38. The van der Waals surface area contributed by atoms with E-state index < -0.39 is 11.6 Å². The highest BCUT2D eigenvalue weighted by Gasteiger charge is 2.40. The van der Waals surface area contributed by atoms with Gasteiger partial charge in [-0.2, -0.15) is 0 Å². The number of ether oxygens (including phenoxy) is 1. The maximum Gasteiger partial charge on any atom is 0.255 e. The number of carbonyl (C=O) groups is 2. The molecule has 3 atom stereocenters. The van der Waals surface area contributed by atoms with Gasteiger partial charge in [-0.05, 0) is 43.9 Å². The van der Waals surface area contributed by atoms with E-state index in [1.54, 1.807) is 45.8 Å². The van der Waals surface area contributed by atoms with Gasteiger partial charge in [0.05, 0.1) is 42.2 Å². The van der Waals surface area contributed by atoms with Crippen molar-refractivity contribution in [2.24, 2.45) is 0 Å². The van der Waals surface area contributed by atoms with Crippen molar-refractivity contribution < 1.29 is 19.4 Å². The molecule has 194 valence electrons. The van der Waals surface area contributed by atoms with Crippen molar-refractivity contribution in [1.82, 2.24) is 24.8 Å². The molecule has 9 nitrogen and oxygen atoms in total. The molecule has 1 saturated carbocycles. The van der Waals surface area contributed by atoms with Crippen molar-refractivity contribution in [1.29, 1.82) is 0 Å². The fourth-order valence-corrected chi connectivity index (χ4v) is 5.38. The highest BCUT2D eigenvalue weighted by molar-refractivity contribution is 6.07. The van der Waals surface area contributed by atoms with Gasteiger partial charge in [-0.25, -0.2) is 4.68 Å². The predicted molar refractivity (Wildman–Crippen MR) is 137 cm³/mol. The molecule has 1 N–H and O–H groups in total. The topological polar surface area (TPSA) is 101 Å². The molecule has 1 saturated heterocycles. The second kappa shape index (κ2) is 10.4. The Morgan fingerprint density at radius 2 is 1.86 bits per heavy atom. The van der Waals surface area contributed by atoms with E-state index in [-0.39, 0.29) is 24.5 Å². The molecule has 1 aliphatic heterocycles. The molecule has 0 bridgehead atoms. The van der Waals surface area contributed by atoms with Gasteiger partial charge in [-0.1, -0.05) is 47.7 Å². The first-order valence-electron chi connectivity index (χ1n) is 12.8. The van der Waals surface area contributed by atoms with E-state index in [0.717, 1.165) is 18.4 Å². The van der Waals surface area contributed by atoms with Crippen LogP contribution in [0.15, 0.2) is 60.8 Å². The first-order valence-corrected chi connectivity index (χ1v) is 12.8. The van der Waals surface area contributed by atoms with Gasteiger partial charge < -0.3 is 19.6 Å². The summed E-state index contributed by atoms with van der Waals surface area (Å²) in [5.74, 6) is -0.459. The molecule has 0 radical (unpaired) electrons. The van der Waals surface area contributed by atoms with Gasteiger partial charge in [-0.15, -0.1) is 5.10 Å². The van der Waals surface area contributed by atoms with Crippen LogP contribution in [-0.4, -0.2) is 74.1 Å². The average Bonchev–Trinajstić information content (AvgIpc) is 3.54. The third kappa shape index (κ3) is 5.14. The average molecular weight is 504 g/mol. The SMILES string of the molecule is CN(Cc1ccccc1)C(=O)c1ccccc1C(=O)N1CCOCC1c1cn(C2CCCC2(C)O)nn1. The summed E-state index contributed by atoms with van der Waals surface area (Å²) in [4.78, 5) is 30.6. The number of aliphatic hydroxyl groups is 1. The molecule has 2 fully saturated rings. The molecule has 3 unspecified atom stereocenters. The second-order valence-corrected chi connectivity index (χ2v) is 10.2. The number of aromatic nitrogens is 3. The summed E-state index contributed by atoms with van der Waals surface area (Å²) < 4.78 is 7.43. The minimum atomic E-state index is -0.839. The standard InChI is InChI=1S/C28H33N5O4/c1-28(36)14-8-13-25(28)33-18-23(29-30-33)24-19-37-16-15-32(24)27(35)22-12-7-6-11-21(22)26(34)31(2)17-20-9-4-3-5-10-20/h3-7,9-12,18,24-25,36H,8,13-17,19H2,1-2H3. The largest absolute Gasteiger partial charge is 0.388 e. The maximum absolute atomic E-state index is 13.9. The molecule has 0 spiro atoms. The Bertz CT molecular complexity index is 1260. The van der Waals surface area contributed by atoms with Crippen molar-refractivity contribution in [3.8, 4) is 0 Å². The maximum atomic E-state index is 13.9. The number of hydrogen-bond donors (Lipinski definition) is 1. The molecular weight excluding hydrogens is 470 g/mol. The van der Waals surface area contributed by atoms with Gasteiger partial charge in [-0.3, -0.25) is 9.59 Å². The number of benzene rings is 2. The number of amides is 2. The van der Waals surface area contributed by atoms with E-state index >= 15 is 0 Å².